The number of hydrogen-bond acceptors (Lipinski definition) is 6. The van der Waals surface area contributed by atoms with Gasteiger partial charge in [0.15, 0.2) is 0 Å². The van der Waals surface area contributed by atoms with Gasteiger partial charge < -0.3 is 25.1 Å². The zero-order valence-electron chi connectivity index (χ0n) is 19.4. The predicted molar refractivity (Wildman–Crippen MR) is 129 cm³/mol. The summed E-state index contributed by atoms with van der Waals surface area (Å²) in [4.78, 5) is 54.8. The van der Waals surface area contributed by atoms with Gasteiger partial charge in [0.1, 0.15) is 5.76 Å². The van der Waals surface area contributed by atoms with Gasteiger partial charge in [-0.1, -0.05) is 18.2 Å². The normalized spacial score (nSPS) is 15.9. The van der Waals surface area contributed by atoms with Crippen molar-refractivity contribution in [2.75, 3.05) is 11.4 Å². The zero-order chi connectivity index (χ0) is 25.5. The monoisotopic (exact) mass is 490 g/mol. The van der Waals surface area contributed by atoms with E-state index in [0.717, 1.165) is 5.56 Å². The summed E-state index contributed by atoms with van der Waals surface area (Å²) in [5, 5.41) is 14.8. The van der Waals surface area contributed by atoms with E-state index >= 15 is 0 Å². The molecule has 3 N–H and O–H groups in total. The van der Waals surface area contributed by atoms with Gasteiger partial charge in [-0.3, -0.25) is 24.2 Å². The molecular weight excluding hydrogens is 464 g/mol. The molecule has 2 aromatic heterocycles. The van der Waals surface area contributed by atoms with Crippen LogP contribution in [0.4, 0.5) is 5.69 Å². The Bertz CT molecular complexity index is 1230. The first kappa shape index (κ1) is 24.6. The molecule has 2 atom stereocenters. The van der Waals surface area contributed by atoms with Crippen molar-refractivity contribution < 1.29 is 28.7 Å². The van der Waals surface area contributed by atoms with Gasteiger partial charge in [0.2, 0.25) is 17.7 Å². The van der Waals surface area contributed by atoms with E-state index in [9.17, 15) is 24.3 Å². The Morgan fingerprint density at radius 3 is 2.75 bits per heavy atom. The fraction of sp³-hybridized carbons (Fsp3) is 0.269. The Labute approximate surface area is 207 Å². The Morgan fingerprint density at radius 1 is 1.17 bits per heavy atom. The molecule has 1 aliphatic heterocycles. The largest absolute Gasteiger partial charge is 0.481 e. The average molecular weight is 491 g/mol. The molecule has 4 rings (SSSR count). The van der Waals surface area contributed by atoms with Crippen LogP contribution in [0.1, 0.15) is 35.8 Å². The van der Waals surface area contributed by atoms with Crippen LogP contribution >= 0.6 is 0 Å². The molecule has 0 spiro atoms. The van der Waals surface area contributed by atoms with Crippen LogP contribution in [0.3, 0.4) is 0 Å². The number of carboxylic acids is 1. The van der Waals surface area contributed by atoms with Crippen molar-refractivity contribution in [1.82, 2.24) is 15.6 Å². The highest BCUT2D eigenvalue weighted by Gasteiger charge is 2.36. The first-order chi connectivity index (χ1) is 17.4. The summed E-state index contributed by atoms with van der Waals surface area (Å²) in [5.41, 5.74) is 1.90. The van der Waals surface area contributed by atoms with Crippen molar-refractivity contribution in [1.29, 1.82) is 0 Å². The minimum atomic E-state index is -1.06. The Morgan fingerprint density at radius 2 is 2.03 bits per heavy atom. The van der Waals surface area contributed by atoms with E-state index in [0.29, 0.717) is 17.0 Å². The summed E-state index contributed by atoms with van der Waals surface area (Å²) in [7, 11) is 0. The van der Waals surface area contributed by atoms with E-state index in [-0.39, 0.29) is 44.2 Å². The van der Waals surface area contributed by atoms with Crippen LogP contribution in [-0.2, 0) is 32.1 Å². The van der Waals surface area contributed by atoms with Gasteiger partial charge >= 0.3 is 5.97 Å². The van der Waals surface area contributed by atoms with E-state index < -0.39 is 23.8 Å². The van der Waals surface area contributed by atoms with Crippen molar-refractivity contribution in [2.24, 2.45) is 5.92 Å². The molecule has 0 radical (unpaired) electrons. The van der Waals surface area contributed by atoms with Gasteiger partial charge in [-0.05, 0) is 41.5 Å². The van der Waals surface area contributed by atoms with Crippen LogP contribution in [0.2, 0.25) is 0 Å². The molecule has 1 fully saturated rings. The molecule has 0 bridgehead atoms. The van der Waals surface area contributed by atoms with Gasteiger partial charge in [-0.15, -0.1) is 0 Å². The van der Waals surface area contributed by atoms with Crippen LogP contribution in [0.25, 0.3) is 0 Å². The maximum atomic E-state index is 13.0. The third-order valence-electron chi connectivity index (χ3n) is 5.90. The molecule has 1 saturated heterocycles. The third kappa shape index (κ3) is 6.35. The quantitative estimate of drug-likeness (QED) is 0.396. The maximum absolute atomic E-state index is 13.0. The number of amides is 3. The number of furan rings is 1. The van der Waals surface area contributed by atoms with Crippen LogP contribution in [-0.4, -0.2) is 40.3 Å². The summed E-state index contributed by atoms with van der Waals surface area (Å²) >= 11 is 0. The molecule has 3 amide bonds. The second-order valence-electron chi connectivity index (χ2n) is 8.55. The number of aromatic nitrogens is 1. The molecule has 36 heavy (non-hydrogen) atoms. The predicted octanol–water partition coefficient (Wildman–Crippen LogP) is 2.22. The first-order valence-corrected chi connectivity index (χ1v) is 11.5. The number of rotatable bonds is 10. The van der Waals surface area contributed by atoms with Gasteiger partial charge in [0.25, 0.3) is 0 Å². The number of nitrogens with one attached hydrogen (secondary N) is 2. The number of carbonyl (C=O) groups excluding carboxylic acids is 3. The lowest BCUT2D eigenvalue weighted by Gasteiger charge is -2.20. The van der Waals surface area contributed by atoms with Crippen LogP contribution in [0, 0.1) is 5.92 Å². The van der Waals surface area contributed by atoms with Gasteiger partial charge in [0.05, 0.1) is 37.6 Å². The van der Waals surface area contributed by atoms with E-state index in [4.69, 9.17) is 4.42 Å². The molecule has 0 aliphatic carbocycles. The zero-order valence-corrected chi connectivity index (χ0v) is 19.4. The number of anilines is 1. The third-order valence-corrected chi connectivity index (χ3v) is 5.90. The van der Waals surface area contributed by atoms with Crippen molar-refractivity contribution >= 4 is 29.4 Å². The molecule has 1 aliphatic rings. The highest BCUT2D eigenvalue weighted by atomic mass is 16.4. The maximum Gasteiger partial charge on any atom is 0.305 e. The Kier molecular flexibility index (Phi) is 7.74. The molecule has 1 aromatic carbocycles. The van der Waals surface area contributed by atoms with E-state index in [1.165, 1.54) is 17.4 Å². The van der Waals surface area contributed by atoms with Crippen molar-refractivity contribution in [3.8, 4) is 0 Å². The smallest absolute Gasteiger partial charge is 0.305 e. The lowest BCUT2D eigenvalue weighted by Crippen LogP contribution is -2.36. The number of carbonyl (C=O) groups is 4. The van der Waals surface area contributed by atoms with Crippen LogP contribution in [0.15, 0.2) is 71.6 Å². The fourth-order valence-electron chi connectivity index (χ4n) is 4.11. The molecule has 3 heterocycles. The van der Waals surface area contributed by atoms with Crippen molar-refractivity contribution in [3.63, 3.8) is 0 Å². The summed E-state index contributed by atoms with van der Waals surface area (Å²) in [6.07, 6.45) is 4.45. The second-order valence-corrected chi connectivity index (χ2v) is 8.55. The van der Waals surface area contributed by atoms with E-state index in [2.05, 4.69) is 15.6 Å². The van der Waals surface area contributed by atoms with E-state index in [1.807, 2.05) is 0 Å². The number of nitrogens with zero attached hydrogens (tertiary/aromatic N) is 2. The molecule has 2 unspecified atom stereocenters. The number of carboxylic acid groups (broad SMARTS) is 1. The second kappa shape index (κ2) is 11.3. The highest BCUT2D eigenvalue weighted by Crippen LogP contribution is 2.27. The van der Waals surface area contributed by atoms with Crippen LogP contribution in [0.5, 0.6) is 0 Å². The van der Waals surface area contributed by atoms with E-state index in [1.54, 1.807) is 54.7 Å². The molecule has 3 aromatic rings. The summed E-state index contributed by atoms with van der Waals surface area (Å²) in [6, 6.07) is 13.2. The minimum absolute atomic E-state index is 0.00647. The number of benzene rings is 1. The van der Waals surface area contributed by atoms with Gasteiger partial charge in [-0.25, -0.2) is 0 Å². The topological polar surface area (TPSA) is 142 Å². The summed E-state index contributed by atoms with van der Waals surface area (Å²) in [5.74, 6) is -1.84. The lowest BCUT2D eigenvalue weighted by atomic mass is 10.0. The molecule has 0 saturated carbocycles. The highest BCUT2D eigenvalue weighted by molar-refractivity contribution is 6.00. The van der Waals surface area contributed by atoms with Crippen molar-refractivity contribution in [2.45, 2.75) is 31.8 Å². The van der Waals surface area contributed by atoms with Gasteiger partial charge in [-0.2, -0.15) is 0 Å². The Balaban J connectivity index is 1.37. The minimum Gasteiger partial charge on any atom is -0.481 e. The summed E-state index contributed by atoms with van der Waals surface area (Å²) < 4.78 is 5.21. The molecular formula is C26H26N4O6. The van der Waals surface area contributed by atoms with Crippen LogP contribution < -0.4 is 15.5 Å². The fourth-order valence-corrected chi connectivity index (χ4v) is 4.11. The summed E-state index contributed by atoms with van der Waals surface area (Å²) in [6.45, 7) is 0.445. The SMILES string of the molecule is O=C(O)CC(NC(=O)C1CC(=O)N(c2cccc(CC(=O)NCc3ccco3)c2)C1)c1cccnc1. The Hall–Kier alpha value is -4.47. The number of hydrogen-bond donors (Lipinski definition) is 3. The molecule has 186 valence electrons. The molecule has 10 nitrogen and oxygen atoms in total. The average Bonchev–Trinajstić information content (AvgIpc) is 3.52. The first-order valence-electron chi connectivity index (χ1n) is 11.5. The van der Waals surface area contributed by atoms with Gasteiger partial charge in [0, 0.05) is 31.0 Å². The van der Waals surface area contributed by atoms with Crippen molar-refractivity contribution in [3.05, 3.63) is 84.1 Å². The number of aliphatic carboxylic acids is 1. The lowest BCUT2D eigenvalue weighted by molar-refractivity contribution is -0.138. The molecule has 10 heteroatoms. The number of pyridine rings is 1. The standard InChI is InChI=1S/C26H26N4O6/c31-23(28-15-21-7-3-9-36-21)11-17-4-1-6-20(10-17)30-16-19(12-24(30)32)26(35)29-22(13-25(33)34)18-5-2-8-27-14-18/h1-10,14,19,22H,11-13,15-16H2,(H,28,31)(H,29,35)(H,33,34).